The van der Waals surface area contributed by atoms with Crippen LogP contribution in [0.2, 0.25) is 0 Å². The SMILES string of the molecule is COc1ccc(N2CN=C/C(=C\c3ccc(O)c(Br)c3)C2)cc1. The summed E-state index contributed by atoms with van der Waals surface area (Å²) in [6, 6.07) is 13.4. The molecular weight excluding hydrogens is 356 g/mol. The van der Waals surface area contributed by atoms with Gasteiger partial charge in [-0.15, -0.1) is 0 Å². The van der Waals surface area contributed by atoms with Crippen LogP contribution in [0.4, 0.5) is 5.69 Å². The highest BCUT2D eigenvalue weighted by molar-refractivity contribution is 9.10. The Kier molecular flexibility index (Phi) is 4.67. The van der Waals surface area contributed by atoms with Crippen LogP contribution in [-0.2, 0) is 0 Å². The van der Waals surface area contributed by atoms with E-state index in [0.717, 1.165) is 29.1 Å². The van der Waals surface area contributed by atoms with Gasteiger partial charge in [0, 0.05) is 18.4 Å². The maximum absolute atomic E-state index is 9.57. The fourth-order valence-corrected chi connectivity index (χ4v) is 2.84. The third kappa shape index (κ3) is 3.74. The highest BCUT2D eigenvalue weighted by Gasteiger charge is 2.12. The van der Waals surface area contributed by atoms with Crippen LogP contribution in [-0.4, -0.2) is 31.6 Å². The average molecular weight is 373 g/mol. The molecule has 1 heterocycles. The minimum Gasteiger partial charge on any atom is -0.507 e. The molecule has 1 N–H and O–H groups in total. The predicted octanol–water partition coefficient (Wildman–Crippen LogP) is 4.10. The number of aliphatic imine (C=N–C) groups is 1. The maximum atomic E-state index is 9.57. The van der Waals surface area contributed by atoms with Crippen molar-refractivity contribution in [2.45, 2.75) is 0 Å². The number of nitrogens with zero attached hydrogens (tertiary/aromatic N) is 2. The van der Waals surface area contributed by atoms with Crippen molar-refractivity contribution in [2.75, 3.05) is 25.2 Å². The summed E-state index contributed by atoms with van der Waals surface area (Å²) in [7, 11) is 1.66. The lowest BCUT2D eigenvalue weighted by atomic mass is 10.1. The molecule has 23 heavy (non-hydrogen) atoms. The normalized spacial score (nSPS) is 15.9. The number of phenols is 1. The Balaban J connectivity index is 1.79. The van der Waals surface area contributed by atoms with Gasteiger partial charge < -0.3 is 14.7 Å². The monoisotopic (exact) mass is 372 g/mol. The van der Waals surface area contributed by atoms with Crippen LogP contribution in [0.1, 0.15) is 5.56 Å². The minimum absolute atomic E-state index is 0.240. The van der Waals surface area contributed by atoms with Gasteiger partial charge in [0.25, 0.3) is 0 Å². The highest BCUT2D eigenvalue weighted by Crippen LogP contribution is 2.26. The van der Waals surface area contributed by atoms with Gasteiger partial charge in [-0.3, -0.25) is 4.99 Å². The van der Waals surface area contributed by atoms with E-state index in [4.69, 9.17) is 4.74 Å². The Morgan fingerprint density at radius 2 is 2.00 bits per heavy atom. The molecular formula is C18H17BrN2O2. The lowest BCUT2D eigenvalue weighted by molar-refractivity contribution is 0.415. The van der Waals surface area contributed by atoms with Crippen molar-refractivity contribution >= 4 is 33.9 Å². The van der Waals surface area contributed by atoms with Crippen LogP contribution in [0.5, 0.6) is 11.5 Å². The second kappa shape index (κ2) is 6.87. The molecule has 0 saturated carbocycles. The van der Waals surface area contributed by atoms with Crippen molar-refractivity contribution in [3.63, 3.8) is 0 Å². The molecule has 0 unspecified atom stereocenters. The molecule has 0 spiro atoms. The molecule has 0 aromatic heterocycles. The van der Waals surface area contributed by atoms with Crippen molar-refractivity contribution in [1.82, 2.24) is 0 Å². The highest BCUT2D eigenvalue weighted by atomic mass is 79.9. The smallest absolute Gasteiger partial charge is 0.129 e. The van der Waals surface area contributed by atoms with Gasteiger partial charge in [-0.25, -0.2) is 0 Å². The van der Waals surface area contributed by atoms with E-state index in [-0.39, 0.29) is 5.75 Å². The first-order valence-electron chi connectivity index (χ1n) is 7.23. The van der Waals surface area contributed by atoms with Crippen LogP contribution in [0, 0.1) is 0 Å². The van der Waals surface area contributed by atoms with Crippen LogP contribution in [0.15, 0.2) is 57.5 Å². The number of methoxy groups -OCH3 is 1. The van der Waals surface area contributed by atoms with E-state index in [2.05, 4.69) is 31.9 Å². The van der Waals surface area contributed by atoms with E-state index >= 15 is 0 Å². The van der Waals surface area contributed by atoms with E-state index in [0.29, 0.717) is 11.1 Å². The van der Waals surface area contributed by atoms with Crippen molar-refractivity contribution in [3.05, 3.63) is 58.1 Å². The Morgan fingerprint density at radius 1 is 1.22 bits per heavy atom. The van der Waals surface area contributed by atoms with Gasteiger partial charge in [0.1, 0.15) is 18.2 Å². The molecule has 2 aromatic carbocycles. The molecule has 0 atom stereocenters. The second-order valence-corrected chi connectivity index (χ2v) is 6.13. The van der Waals surface area contributed by atoms with Crippen LogP contribution >= 0.6 is 15.9 Å². The van der Waals surface area contributed by atoms with Gasteiger partial charge in [-0.1, -0.05) is 6.07 Å². The molecule has 5 heteroatoms. The number of rotatable bonds is 3. The van der Waals surface area contributed by atoms with Crippen molar-refractivity contribution in [1.29, 1.82) is 0 Å². The summed E-state index contributed by atoms with van der Waals surface area (Å²) in [5, 5.41) is 9.57. The molecule has 1 aliphatic heterocycles. The predicted molar refractivity (Wildman–Crippen MR) is 97.5 cm³/mol. The van der Waals surface area contributed by atoms with E-state index in [9.17, 15) is 5.11 Å². The zero-order valence-corrected chi connectivity index (χ0v) is 14.3. The Morgan fingerprint density at radius 3 is 2.70 bits per heavy atom. The Bertz CT molecular complexity index is 754. The number of aromatic hydroxyl groups is 1. The summed E-state index contributed by atoms with van der Waals surface area (Å²) >= 11 is 3.34. The summed E-state index contributed by atoms with van der Waals surface area (Å²) in [6.45, 7) is 1.43. The van der Waals surface area contributed by atoms with E-state index in [1.54, 1.807) is 13.2 Å². The van der Waals surface area contributed by atoms with E-state index in [1.165, 1.54) is 0 Å². The zero-order chi connectivity index (χ0) is 16.2. The Labute approximate surface area is 143 Å². The summed E-state index contributed by atoms with van der Waals surface area (Å²) in [5.74, 6) is 1.09. The van der Waals surface area contributed by atoms with Crippen molar-refractivity contribution in [3.8, 4) is 11.5 Å². The molecule has 0 saturated heterocycles. The molecule has 3 rings (SSSR count). The number of benzene rings is 2. The first kappa shape index (κ1) is 15.6. The minimum atomic E-state index is 0.240. The fourth-order valence-electron chi connectivity index (χ4n) is 2.44. The molecule has 4 nitrogen and oxygen atoms in total. The van der Waals surface area contributed by atoms with Crippen molar-refractivity contribution in [2.24, 2.45) is 4.99 Å². The lowest BCUT2D eigenvalue weighted by Crippen LogP contribution is -2.29. The first-order chi connectivity index (χ1) is 11.2. The van der Waals surface area contributed by atoms with Crippen molar-refractivity contribution < 1.29 is 9.84 Å². The molecule has 0 fully saturated rings. The number of phenolic OH excluding ortho intramolecular Hbond substituents is 1. The molecule has 118 valence electrons. The molecule has 0 aliphatic carbocycles. The quantitative estimate of drug-likeness (QED) is 0.881. The van der Waals surface area contributed by atoms with Crippen LogP contribution in [0.3, 0.4) is 0 Å². The number of ether oxygens (including phenoxy) is 1. The van der Waals surface area contributed by atoms with Crippen LogP contribution < -0.4 is 9.64 Å². The average Bonchev–Trinajstić information content (AvgIpc) is 2.58. The third-order valence-corrected chi connectivity index (χ3v) is 4.28. The summed E-state index contributed by atoms with van der Waals surface area (Å²) in [6.07, 6.45) is 3.98. The van der Waals surface area contributed by atoms with Gasteiger partial charge in [-0.2, -0.15) is 0 Å². The fraction of sp³-hybridized carbons (Fsp3) is 0.167. The van der Waals surface area contributed by atoms with E-state index < -0.39 is 0 Å². The molecule has 0 amide bonds. The molecule has 1 aliphatic rings. The first-order valence-corrected chi connectivity index (χ1v) is 8.03. The number of hydrogen-bond acceptors (Lipinski definition) is 4. The molecule has 2 aromatic rings. The lowest BCUT2D eigenvalue weighted by Gasteiger charge is -2.26. The van der Waals surface area contributed by atoms with Gasteiger partial charge in [0.05, 0.1) is 11.6 Å². The van der Waals surface area contributed by atoms with Gasteiger partial charge in [0.15, 0.2) is 0 Å². The number of halogens is 1. The molecule has 0 radical (unpaired) electrons. The van der Waals surface area contributed by atoms with Gasteiger partial charge in [0.2, 0.25) is 0 Å². The summed E-state index contributed by atoms with van der Waals surface area (Å²) in [4.78, 5) is 6.63. The third-order valence-electron chi connectivity index (χ3n) is 3.64. The largest absolute Gasteiger partial charge is 0.507 e. The number of hydrogen-bond donors (Lipinski definition) is 1. The standard InChI is InChI=1S/C18H17BrN2O2/c1-23-16-5-3-15(4-6-16)21-11-14(10-20-12-21)8-13-2-7-18(22)17(19)9-13/h2-10,22H,11-12H2,1H3/b14-8+. The second-order valence-electron chi connectivity index (χ2n) is 5.28. The summed E-state index contributed by atoms with van der Waals surface area (Å²) in [5.41, 5.74) is 3.25. The van der Waals surface area contributed by atoms with Gasteiger partial charge in [-0.05, 0) is 69.5 Å². The van der Waals surface area contributed by atoms with Gasteiger partial charge >= 0.3 is 0 Å². The van der Waals surface area contributed by atoms with Crippen LogP contribution in [0.25, 0.3) is 6.08 Å². The maximum Gasteiger partial charge on any atom is 0.129 e. The molecule has 0 bridgehead atoms. The summed E-state index contributed by atoms with van der Waals surface area (Å²) < 4.78 is 5.88. The Hall–Kier alpha value is -2.27. The number of anilines is 1. The zero-order valence-electron chi connectivity index (χ0n) is 12.7. The van der Waals surface area contributed by atoms with E-state index in [1.807, 2.05) is 42.6 Å². The topological polar surface area (TPSA) is 45.1 Å².